The number of aliphatic carboxylic acids is 1. The Balaban J connectivity index is 2.26. The molecular formula is C12H17N3O3. The molecule has 0 radical (unpaired) electrons. The first-order valence-corrected chi connectivity index (χ1v) is 5.96. The highest BCUT2D eigenvalue weighted by Gasteiger charge is 2.40. The van der Waals surface area contributed by atoms with Gasteiger partial charge in [-0.05, 0) is 25.3 Å². The molecule has 1 saturated heterocycles. The first kappa shape index (κ1) is 12.6. The Hall–Kier alpha value is -1.85. The molecule has 2 unspecified atom stereocenters. The van der Waals surface area contributed by atoms with Gasteiger partial charge in [0.25, 0.3) is 5.91 Å². The van der Waals surface area contributed by atoms with Crippen LogP contribution >= 0.6 is 0 Å². The van der Waals surface area contributed by atoms with E-state index >= 15 is 0 Å². The molecule has 1 aliphatic heterocycles. The van der Waals surface area contributed by atoms with Crippen molar-refractivity contribution in [1.82, 2.24) is 14.7 Å². The van der Waals surface area contributed by atoms with E-state index in [0.29, 0.717) is 18.7 Å². The lowest BCUT2D eigenvalue weighted by Crippen LogP contribution is -2.42. The number of carbonyl (C=O) groups is 2. The van der Waals surface area contributed by atoms with E-state index in [9.17, 15) is 14.7 Å². The Labute approximate surface area is 105 Å². The van der Waals surface area contributed by atoms with Crippen molar-refractivity contribution in [3.8, 4) is 0 Å². The minimum Gasteiger partial charge on any atom is -0.480 e. The van der Waals surface area contributed by atoms with Crippen LogP contribution < -0.4 is 0 Å². The van der Waals surface area contributed by atoms with Crippen LogP contribution in [0.4, 0.5) is 0 Å². The standard InChI is InChI=1S/C12H17N3O3/c1-7-4-5-15(10(7)12(17)18)11(16)9-6-8(2)14(3)13-9/h6-7,10H,4-5H2,1-3H3,(H,17,18). The molecule has 1 fully saturated rings. The van der Waals surface area contributed by atoms with Crippen LogP contribution in [-0.2, 0) is 11.8 Å². The summed E-state index contributed by atoms with van der Waals surface area (Å²) in [4.78, 5) is 24.9. The fraction of sp³-hybridized carbons (Fsp3) is 0.583. The lowest BCUT2D eigenvalue weighted by Gasteiger charge is -2.22. The Morgan fingerprint density at radius 1 is 1.50 bits per heavy atom. The number of carboxylic acids is 1. The summed E-state index contributed by atoms with van der Waals surface area (Å²) < 4.78 is 1.61. The van der Waals surface area contributed by atoms with Gasteiger partial charge in [-0.1, -0.05) is 6.92 Å². The Kier molecular flexibility index (Phi) is 3.11. The maximum atomic E-state index is 12.3. The fourth-order valence-electron chi connectivity index (χ4n) is 2.36. The van der Waals surface area contributed by atoms with Gasteiger partial charge >= 0.3 is 5.97 Å². The SMILES string of the molecule is Cc1cc(C(=O)N2CCC(C)C2C(=O)O)nn1C. The van der Waals surface area contributed by atoms with Gasteiger partial charge in [0.2, 0.25) is 0 Å². The van der Waals surface area contributed by atoms with Crippen molar-refractivity contribution in [2.24, 2.45) is 13.0 Å². The second-order valence-electron chi connectivity index (χ2n) is 4.84. The number of amides is 1. The van der Waals surface area contributed by atoms with Gasteiger partial charge in [-0.2, -0.15) is 5.10 Å². The van der Waals surface area contributed by atoms with E-state index in [1.165, 1.54) is 4.90 Å². The minimum absolute atomic E-state index is 0.0174. The van der Waals surface area contributed by atoms with Crippen LogP contribution in [0.25, 0.3) is 0 Å². The van der Waals surface area contributed by atoms with Crippen LogP contribution in [0.2, 0.25) is 0 Å². The largest absolute Gasteiger partial charge is 0.480 e. The number of hydrogen-bond acceptors (Lipinski definition) is 3. The molecule has 2 heterocycles. The average molecular weight is 251 g/mol. The predicted molar refractivity (Wildman–Crippen MR) is 64.2 cm³/mol. The topological polar surface area (TPSA) is 75.4 Å². The zero-order valence-electron chi connectivity index (χ0n) is 10.8. The number of hydrogen-bond donors (Lipinski definition) is 1. The van der Waals surface area contributed by atoms with Gasteiger partial charge in [0.05, 0.1) is 0 Å². The second kappa shape index (κ2) is 4.44. The molecule has 1 amide bonds. The molecule has 1 aliphatic rings. The lowest BCUT2D eigenvalue weighted by molar-refractivity contribution is -0.142. The third kappa shape index (κ3) is 1.98. The highest BCUT2D eigenvalue weighted by molar-refractivity contribution is 5.95. The van der Waals surface area contributed by atoms with Crippen molar-refractivity contribution >= 4 is 11.9 Å². The Morgan fingerprint density at radius 2 is 2.17 bits per heavy atom. The first-order chi connectivity index (χ1) is 8.41. The maximum absolute atomic E-state index is 12.3. The summed E-state index contributed by atoms with van der Waals surface area (Å²) in [5.74, 6) is -1.26. The van der Waals surface area contributed by atoms with Gasteiger partial charge in [0.1, 0.15) is 6.04 Å². The van der Waals surface area contributed by atoms with E-state index in [0.717, 1.165) is 5.69 Å². The summed E-state index contributed by atoms with van der Waals surface area (Å²) in [5.41, 5.74) is 1.19. The third-order valence-corrected chi connectivity index (χ3v) is 3.55. The quantitative estimate of drug-likeness (QED) is 0.838. The second-order valence-corrected chi connectivity index (χ2v) is 4.84. The van der Waals surface area contributed by atoms with Crippen LogP contribution in [0.3, 0.4) is 0 Å². The zero-order valence-corrected chi connectivity index (χ0v) is 10.8. The number of rotatable bonds is 2. The summed E-state index contributed by atoms with van der Waals surface area (Å²) in [6, 6.07) is 0.948. The molecule has 1 aromatic heterocycles. The van der Waals surface area contributed by atoms with Crippen molar-refractivity contribution in [1.29, 1.82) is 0 Å². The van der Waals surface area contributed by atoms with Crippen LogP contribution in [0.5, 0.6) is 0 Å². The molecule has 0 saturated carbocycles. The number of likely N-dealkylation sites (tertiary alicyclic amines) is 1. The van der Waals surface area contributed by atoms with E-state index in [4.69, 9.17) is 0 Å². The summed E-state index contributed by atoms with van der Waals surface area (Å²) in [7, 11) is 1.76. The zero-order chi connectivity index (χ0) is 13.4. The Bertz CT molecular complexity index is 475. The van der Waals surface area contributed by atoms with Gasteiger partial charge in [0, 0.05) is 19.3 Å². The molecule has 0 aliphatic carbocycles. The van der Waals surface area contributed by atoms with Gasteiger partial charge in [-0.3, -0.25) is 9.48 Å². The maximum Gasteiger partial charge on any atom is 0.326 e. The van der Waals surface area contributed by atoms with E-state index in [2.05, 4.69) is 5.10 Å². The van der Waals surface area contributed by atoms with Crippen LogP contribution in [-0.4, -0.2) is 44.3 Å². The summed E-state index contributed by atoms with van der Waals surface area (Å²) in [6.07, 6.45) is 0.717. The van der Waals surface area contributed by atoms with Crippen molar-refractivity contribution in [3.05, 3.63) is 17.5 Å². The highest BCUT2D eigenvalue weighted by Crippen LogP contribution is 2.25. The average Bonchev–Trinajstić information content (AvgIpc) is 2.82. The number of aryl methyl sites for hydroxylation is 2. The molecule has 1 N–H and O–H groups in total. The molecule has 18 heavy (non-hydrogen) atoms. The van der Waals surface area contributed by atoms with E-state index < -0.39 is 12.0 Å². The first-order valence-electron chi connectivity index (χ1n) is 5.96. The van der Waals surface area contributed by atoms with Crippen molar-refractivity contribution < 1.29 is 14.7 Å². The highest BCUT2D eigenvalue weighted by atomic mass is 16.4. The number of carboxylic acid groups (broad SMARTS) is 1. The number of carbonyl (C=O) groups excluding carboxylic acids is 1. The van der Waals surface area contributed by atoms with Gasteiger partial charge in [-0.15, -0.1) is 0 Å². The van der Waals surface area contributed by atoms with Gasteiger partial charge in [0.15, 0.2) is 5.69 Å². The van der Waals surface area contributed by atoms with Crippen LogP contribution in [0.1, 0.15) is 29.5 Å². The monoisotopic (exact) mass is 251 g/mol. The lowest BCUT2D eigenvalue weighted by atomic mass is 10.0. The molecule has 0 bridgehead atoms. The van der Waals surface area contributed by atoms with Gasteiger partial charge in [-0.25, -0.2) is 4.79 Å². The summed E-state index contributed by atoms with van der Waals surface area (Å²) in [5, 5.41) is 13.3. The molecule has 98 valence electrons. The molecule has 0 aromatic carbocycles. The molecule has 2 rings (SSSR count). The molecule has 0 spiro atoms. The number of aromatic nitrogens is 2. The molecule has 6 nitrogen and oxygen atoms in total. The normalized spacial score (nSPS) is 23.4. The molecule has 6 heteroatoms. The molecule has 2 atom stereocenters. The smallest absolute Gasteiger partial charge is 0.326 e. The van der Waals surface area contributed by atoms with Crippen LogP contribution in [0.15, 0.2) is 6.07 Å². The third-order valence-electron chi connectivity index (χ3n) is 3.55. The number of nitrogens with zero attached hydrogens (tertiary/aromatic N) is 3. The summed E-state index contributed by atoms with van der Waals surface area (Å²) >= 11 is 0. The minimum atomic E-state index is -0.944. The van der Waals surface area contributed by atoms with Crippen molar-refractivity contribution in [3.63, 3.8) is 0 Å². The van der Waals surface area contributed by atoms with E-state index in [-0.39, 0.29) is 11.8 Å². The van der Waals surface area contributed by atoms with Crippen LogP contribution in [0, 0.1) is 12.8 Å². The predicted octanol–water partition coefficient (Wildman–Crippen LogP) is 0.664. The molecular weight excluding hydrogens is 234 g/mol. The Morgan fingerprint density at radius 3 is 2.67 bits per heavy atom. The van der Waals surface area contributed by atoms with E-state index in [1.54, 1.807) is 17.8 Å². The van der Waals surface area contributed by atoms with Gasteiger partial charge < -0.3 is 10.0 Å². The fourth-order valence-corrected chi connectivity index (χ4v) is 2.36. The molecule has 1 aromatic rings. The van der Waals surface area contributed by atoms with E-state index in [1.807, 2.05) is 13.8 Å². The van der Waals surface area contributed by atoms with Crippen molar-refractivity contribution in [2.45, 2.75) is 26.3 Å². The summed E-state index contributed by atoms with van der Waals surface area (Å²) in [6.45, 7) is 4.19. The van der Waals surface area contributed by atoms with Crippen molar-refractivity contribution in [2.75, 3.05) is 6.54 Å².